The van der Waals surface area contributed by atoms with Crippen LogP contribution in [0.5, 0.6) is 0 Å². The minimum absolute atomic E-state index is 0.173. The fourth-order valence-corrected chi connectivity index (χ4v) is 1.74. The highest BCUT2D eigenvalue weighted by Crippen LogP contribution is 2.16. The summed E-state index contributed by atoms with van der Waals surface area (Å²) in [6, 6.07) is 4.46. The minimum Gasteiger partial charge on any atom is -0.302 e. The van der Waals surface area contributed by atoms with E-state index >= 15 is 0 Å². The fraction of sp³-hybridized carbons (Fsp3) is 0.308. The van der Waals surface area contributed by atoms with Crippen LogP contribution in [0.1, 0.15) is 37.2 Å². The van der Waals surface area contributed by atoms with Gasteiger partial charge in [-0.15, -0.1) is 0 Å². The van der Waals surface area contributed by atoms with Crippen LogP contribution in [0.15, 0.2) is 43.1 Å². The molecule has 0 aromatic carbocycles. The van der Waals surface area contributed by atoms with Crippen molar-refractivity contribution in [3.8, 4) is 0 Å². The van der Waals surface area contributed by atoms with Gasteiger partial charge in [0, 0.05) is 43.1 Å². The zero-order chi connectivity index (χ0) is 12.1. The summed E-state index contributed by atoms with van der Waals surface area (Å²) in [7, 11) is 0. The highest BCUT2D eigenvalue weighted by Gasteiger charge is 2.11. The number of pyridine rings is 1. The zero-order valence-corrected chi connectivity index (χ0v) is 10.0. The van der Waals surface area contributed by atoms with Gasteiger partial charge in [-0.2, -0.15) is 0 Å². The van der Waals surface area contributed by atoms with Crippen molar-refractivity contribution < 1.29 is 0 Å². The number of nitrogens with one attached hydrogen (secondary N) is 1. The maximum Gasteiger partial charge on any atom is 0.0753 e. The predicted octanol–water partition coefficient (Wildman–Crippen LogP) is 2.28. The Labute approximate surface area is 101 Å². The molecule has 2 rings (SSSR count). The molecule has 4 heteroatoms. The van der Waals surface area contributed by atoms with Crippen molar-refractivity contribution in [2.75, 3.05) is 0 Å². The molecule has 0 saturated heterocycles. The van der Waals surface area contributed by atoms with E-state index in [1.807, 2.05) is 12.1 Å². The summed E-state index contributed by atoms with van der Waals surface area (Å²) < 4.78 is 0. The first kappa shape index (κ1) is 11.7. The van der Waals surface area contributed by atoms with Crippen LogP contribution in [0, 0.1) is 0 Å². The van der Waals surface area contributed by atoms with Gasteiger partial charge in [0.05, 0.1) is 5.69 Å². The summed E-state index contributed by atoms with van der Waals surface area (Å²) in [4.78, 5) is 12.4. The highest BCUT2D eigenvalue weighted by atomic mass is 15.0. The number of rotatable bonds is 4. The molecule has 0 aliphatic carbocycles. The normalized spacial score (nSPS) is 14.2. The Morgan fingerprint density at radius 1 is 0.941 bits per heavy atom. The van der Waals surface area contributed by atoms with Crippen LogP contribution in [0.3, 0.4) is 0 Å². The maximum atomic E-state index is 4.29. The Kier molecular flexibility index (Phi) is 3.77. The van der Waals surface area contributed by atoms with E-state index < -0.39 is 0 Å². The second kappa shape index (κ2) is 5.50. The van der Waals surface area contributed by atoms with Crippen molar-refractivity contribution in [2.24, 2.45) is 0 Å². The Morgan fingerprint density at radius 3 is 2.35 bits per heavy atom. The first-order valence-electron chi connectivity index (χ1n) is 5.69. The molecule has 2 atom stereocenters. The van der Waals surface area contributed by atoms with Crippen LogP contribution in [-0.2, 0) is 0 Å². The predicted molar refractivity (Wildman–Crippen MR) is 66.2 cm³/mol. The average Bonchev–Trinajstić information content (AvgIpc) is 2.40. The summed E-state index contributed by atoms with van der Waals surface area (Å²) in [6.45, 7) is 4.21. The van der Waals surface area contributed by atoms with E-state index in [-0.39, 0.29) is 12.1 Å². The molecular formula is C13H16N4. The highest BCUT2D eigenvalue weighted by molar-refractivity contribution is 5.15. The van der Waals surface area contributed by atoms with E-state index in [0.717, 1.165) is 5.69 Å². The Bertz CT molecular complexity index is 400. The lowest BCUT2D eigenvalue weighted by molar-refractivity contribution is 0.485. The van der Waals surface area contributed by atoms with Crippen LogP contribution in [0.25, 0.3) is 0 Å². The molecule has 2 unspecified atom stereocenters. The first-order chi connectivity index (χ1) is 8.27. The second-order valence-electron chi connectivity index (χ2n) is 4.02. The second-order valence-corrected chi connectivity index (χ2v) is 4.02. The lowest BCUT2D eigenvalue weighted by Crippen LogP contribution is -2.23. The van der Waals surface area contributed by atoms with Gasteiger partial charge in [-0.3, -0.25) is 15.0 Å². The molecule has 2 aromatic heterocycles. The summed E-state index contributed by atoms with van der Waals surface area (Å²) in [5.74, 6) is 0. The van der Waals surface area contributed by atoms with Crippen LogP contribution in [0.4, 0.5) is 0 Å². The van der Waals surface area contributed by atoms with Gasteiger partial charge in [-0.1, -0.05) is 0 Å². The molecule has 0 amide bonds. The van der Waals surface area contributed by atoms with Gasteiger partial charge in [0.15, 0.2) is 0 Å². The zero-order valence-electron chi connectivity index (χ0n) is 10.0. The number of aromatic nitrogens is 3. The lowest BCUT2D eigenvalue weighted by atomic mass is 10.1. The third-order valence-electron chi connectivity index (χ3n) is 2.73. The molecule has 0 aliphatic heterocycles. The van der Waals surface area contributed by atoms with E-state index in [1.54, 1.807) is 31.0 Å². The van der Waals surface area contributed by atoms with Crippen LogP contribution in [0.2, 0.25) is 0 Å². The van der Waals surface area contributed by atoms with Crippen molar-refractivity contribution in [3.63, 3.8) is 0 Å². The van der Waals surface area contributed by atoms with E-state index in [4.69, 9.17) is 0 Å². The van der Waals surface area contributed by atoms with Gasteiger partial charge in [0.25, 0.3) is 0 Å². The molecule has 0 saturated carbocycles. The van der Waals surface area contributed by atoms with Gasteiger partial charge in [0.1, 0.15) is 0 Å². The Hall–Kier alpha value is -1.81. The summed E-state index contributed by atoms with van der Waals surface area (Å²) in [6.07, 6.45) is 8.80. The summed E-state index contributed by atoms with van der Waals surface area (Å²) in [5, 5.41) is 3.48. The van der Waals surface area contributed by atoms with Crippen molar-refractivity contribution in [1.82, 2.24) is 20.3 Å². The van der Waals surface area contributed by atoms with Crippen molar-refractivity contribution >= 4 is 0 Å². The molecule has 1 N–H and O–H groups in total. The van der Waals surface area contributed by atoms with Crippen LogP contribution < -0.4 is 5.32 Å². The van der Waals surface area contributed by atoms with E-state index in [1.165, 1.54) is 5.56 Å². The quantitative estimate of drug-likeness (QED) is 0.872. The molecule has 4 nitrogen and oxygen atoms in total. The van der Waals surface area contributed by atoms with Crippen molar-refractivity contribution in [1.29, 1.82) is 0 Å². The minimum atomic E-state index is 0.173. The SMILES string of the molecule is CC(NC(C)c1cnccn1)c1ccncc1. The molecular weight excluding hydrogens is 212 g/mol. The van der Waals surface area contributed by atoms with Crippen LogP contribution >= 0.6 is 0 Å². The van der Waals surface area contributed by atoms with Gasteiger partial charge < -0.3 is 5.32 Å². The molecule has 2 heterocycles. The Balaban J connectivity index is 2.02. The first-order valence-corrected chi connectivity index (χ1v) is 5.69. The van der Waals surface area contributed by atoms with E-state index in [0.29, 0.717) is 0 Å². The molecule has 2 aromatic rings. The monoisotopic (exact) mass is 228 g/mol. The fourth-order valence-electron chi connectivity index (χ4n) is 1.74. The van der Waals surface area contributed by atoms with Crippen molar-refractivity contribution in [3.05, 3.63) is 54.4 Å². The van der Waals surface area contributed by atoms with Crippen molar-refractivity contribution in [2.45, 2.75) is 25.9 Å². The van der Waals surface area contributed by atoms with Gasteiger partial charge in [-0.25, -0.2) is 0 Å². The number of hydrogen-bond acceptors (Lipinski definition) is 4. The van der Waals surface area contributed by atoms with Gasteiger partial charge >= 0.3 is 0 Å². The molecule has 0 spiro atoms. The third kappa shape index (κ3) is 3.07. The third-order valence-corrected chi connectivity index (χ3v) is 2.73. The Morgan fingerprint density at radius 2 is 1.71 bits per heavy atom. The lowest BCUT2D eigenvalue weighted by Gasteiger charge is -2.19. The van der Waals surface area contributed by atoms with E-state index in [9.17, 15) is 0 Å². The number of hydrogen-bond donors (Lipinski definition) is 1. The van der Waals surface area contributed by atoms with Crippen LogP contribution in [-0.4, -0.2) is 15.0 Å². The largest absolute Gasteiger partial charge is 0.302 e. The standard InChI is InChI=1S/C13H16N4/c1-10(12-3-5-14-6-4-12)17-11(2)13-9-15-7-8-16-13/h3-11,17H,1-2H3. The molecule has 17 heavy (non-hydrogen) atoms. The summed E-state index contributed by atoms with van der Waals surface area (Å²) >= 11 is 0. The molecule has 0 bridgehead atoms. The van der Waals surface area contributed by atoms with E-state index in [2.05, 4.69) is 34.1 Å². The van der Waals surface area contributed by atoms with Gasteiger partial charge in [-0.05, 0) is 31.5 Å². The molecule has 88 valence electrons. The molecule has 0 aliphatic rings. The molecule has 0 radical (unpaired) electrons. The average molecular weight is 228 g/mol. The van der Waals surface area contributed by atoms with Gasteiger partial charge in [0.2, 0.25) is 0 Å². The summed E-state index contributed by atoms with van der Waals surface area (Å²) in [5.41, 5.74) is 2.17. The smallest absolute Gasteiger partial charge is 0.0753 e. The number of nitrogens with zero attached hydrogens (tertiary/aromatic N) is 3. The topological polar surface area (TPSA) is 50.7 Å². The molecule has 0 fully saturated rings. The maximum absolute atomic E-state index is 4.29.